The van der Waals surface area contributed by atoms with Crippen molar-refractivity contribution < 1.29 is 28.3 Å². The fraction of sp³-hybridized carbons (Fsp3) is 0.250. The molecule has 0 radical (unpaired) electrons. The summed E-state index contributed by atoms with van der Waals surface area (Å²) in [6.45, 7) is 0. The molecule has 1 aromatic carbocycles. The van der Waals surface area contributed by atoms with Gasteiger partial charge in [0.2, 0.25) is 0 Å². The molecule has 19 heavy (non-hydrogen) atoms. The number of benzene rings is 1. The molecule has 2 rings (SSSR count). The van der Waals surface area contributed by atoms with Gasteiger partial charge in [-0.25, -0.2) is 9.18 Å². The van der Waals surface area contributed by atoms with Gasteiger partial charge in [0.15, 0.2) is 0 Å². The topological polar surface area (TPSA) is 72.9 Å². The zero-order valence-corrected chi connectivity index (χ0v) is 10.0. The van der Waals surface area contributed by atoms with E-state index >= 15 is 0 Å². The maximum atomic E-state index is 13.0. The minimum Gasteiger partial charge on any atom is -0.496 e. The molecule has 0 aromatic heterocycles. The van der Waals surface area contributed by atoms with Gasteiger partial charge in [0.1, 0.15) is 17.1 Å². The highest BCUT2D eigenvalue weighted by molar-refractivity contribution is 6.03. The smallest absolute Gasteiger partial charge is 0.367 e. The largest absolute Gasteiger partial charge is 0.496 e. The summed E-state index contributed by atoms with van der Waals surface area (Å²) in [5.74, 6) is -2.75. The zero-order valence-electron chi connectivity index (χ0n) is 10.0. The van der Waals surface area contributed by atoms with Gasteiger partial charge in [-0.2, -0.15) is 0 Å². The normalized spacial score (nSPS) is 14.7. The number of methoxy groups -OCH3 is 1. The van der Waals surface area contributed by atoms with Crippen LogP contribution in [0.5, 0.6) is 5.75 Å². The number of amides is 2. The van der Waals surface area contributed by atoms with E-state index < -0.39 is 23.6 Å². The molecule has 1 fully saturated rings. The summed E-state index contributed by atoms with van der Waals surface area (Å²) < 4.78 is 17.8. The summed E-state index contributed by atoms with van der Waals surface area (Å²) >= 11 is 0. The van der Waals surface area contributed by atoms with Crippen LogP contribution in [0.25, 0.3) is 0 Å². The number of halogens is 1. The Morgan fingerprint density at radius 1 is 1.26 bits per heavy atom. The van der Waals surface area contributed by atoms with Gasteiger partial charge in [-0.05, 0) is 12.1 Å². The first kappa shape index (κ1) is 13.0. The van der Waals surface area contributed by atoms with Crippen LogP contribution in [0.4, 0.5) is 4.39 Å². The van der Waals surface area contributed by atoms with Crippen LogP contribution in [-0.2, 0) is 14.4 Å². The highest BCUT2D eigenvalue weighted by atomic mass is 19.1. The summed E-state index contributed by atoms with van der Waals surface area (Å²) in [4.78, 5) is 39.1. The number of hydrogen-bond acceptors (Lipinski definition) is 5. The van der Waals surface area contributed by atoms with Crippen LogP contribution in [-0.4, -0.2) is 30.0 Å². The van der Waals surface area contributed by atoms with Crippen LogP contribution in [0.15, 0.2) is 18.2 Å². The molecule has 0 saturated carbocycles. The van der Waals surface area contributed by atoms with Gasteiger partial charge in [0.25, 0.3) is 11.8 Å². The Hall–Kier alpha value is -2.44. The van der Waals surface area contributed by atoms with Crippen LogP contribution in [0.2, 0.25) is 0 Å². The van der Waals surface area contributed by atoms with Crippen LogP contribution in [0.1, 0.15) is 23.2 Å². The monoisotopic (exact) mass is 267 g/mol. The quantitative estimate of drug-likeness (QED) is 0.765. The van der Waals surface area contributed by atoms with Crippen LogP contribution in [0.3, 0.4) is 0 Å². The maximum Gasteiger partial charge on any atom is 0.367 e. The van der Waals surface area contributed by atoms with Crippen LogP contribution < -0.4 is 4.74 Å². The molecule has 100 valence electrons. The molecular formula is C12H10FNO5. The standard InChI is InChI=1S/C12H10FNO5/c1-18-9-6-7(13)2-3-8(9)12(17)19-14-10(15)4-5-11(14)16/h2-3,6H,4-5H2,1H3. The van der Waals surface area contributed by atoms with E-state index in [0.29, 0.717) is 5.06 Å². The van der Waals surface area contributed by atoms with E-state index in [2.05, 4.69) is 0 Å². The van der Waals surface area contributed by atoms with E-state index in [4.69, 9.17) is 9.57 Å². The molecular weight excluding hydrogens is 257 g/mol. The lowest BCUT2D eigenvalue weighted by Crippen LogP contribution is -2.32. The van der Waals surface area contributed by atoms with Crippen molar-refractivity contribution in [3.8, 4) is 5.75 Å². The average molecular weight is 267 g/mol. The van der Waals surface area contributed by atoms with Gasteiger partial charge >= 0.3 is 5.97 Å². The third-order valence-electron chi connectivity index (χ3n) is 2.56. The van der Waals surface area contributed by atoms with Crippen LogP contribution >= 0.6 is 0 Å². The second-order valence-electron chi connectivity index (χ2n) is 3.81. The summed E-state index contributed by atoms with van der Waals surface area (Å²) in [7, 11) is 1.26. The first-order chi connectivity index (χ1) is 9.02. The Morgan fingerprint density at radius 3 is 2.47 bits per heavy atom. The predicted octanol–water partition coefficient (Wildman–Crippen LogP) is 1.06. The Balaban J connectivity index is 2.20. The van der Waals surface area contributed by atoms with Gasteiger partial charge in [0.05, 0.1) is 7.11 Å². The van der Waals surface area contributed by atoms with Gasteiger partial charge in [0, 0.05) is 18.9 Å². The summed E-state index contributed by atoms with van der Waals surface area (Å²) in [6, 6.07) is 3.21. The number of rotatable bonds is 3. The second-order valence-corrected chi connectivity index (χ2v) is 3.81. The number of carbonyl (C=O) groups excluding carboxylic acids is 3. The molecule has 0 atom stereocenters. The number of hydroxylamine groups is 2. The second kappa shape index (κ2) is 5.05. The molecule has 7 heteroatoms. The molecule has 0 unspecified atom stereocenters. The van der Waals surface area contributed by atoms with Gasteiger partial charge < -0.3 is 9.57 Å². The fourth-order valence-corrected chi connectivity index (χ4v) is 1.62. The predicted molar refractivity (Wildman–Crippen MR) is 59.5 cm³/mol. The van der Waals surface area contributed by atoms with Gasteiger partial charge in [-0.3, -0.25) is 9.59 Å². The van der Waals surface area contributed by atoms with Crippen molar-refractivity contribution >= 4 is 17.8 Å². The third kappa shape index (κ3) is 2.54. The van der Waals surface area contributed by atoms with E-state index in [1.807, 2.05) is 0 Å². The molecule has 2 amide bonds. The average Bonchev–Trinajstić information content (AvgIpc) is 2.70. The van der Waals surface area contributed by atoms with E-state index in [0.717, 1.165) is 18.2 Å². The van der Waals surface area contributed by atoms with Crippen LogP contribution in [0, 0.1) is 5.82 Å². The molecule has 6 nitrogen and oxygen atoms in total. The molecule has 0 spiro atoms. The molecule has 1 aliphatic rings. The number of nitrogens with zero attached hydrogens (tertiary/aromatic N) is 1. The van der Waals surface area contributed by atoms with Crippen molar-refractivity contribution in [3.05, 3.63) is 29.6 Å². The number of hydrogen-bond donors (Lipinski definition) is 0. The lowest BCUT2D eigenvalue weighted by molar-refractivity contribution is -0.172. The number of ether oxygens (including phenoxy) is 1. The summed E-state index contributed by atoms with van der Waals surface area (Å²) in [5.41, 5.74) is -0.0728. The molecule has 1 saturated heterocycles. The summed E-state index contributed by atoms with van der Waals surface area (Å²) in [5, 5.41) is 0.422. The van der Waals surface area contributed by atoms with Crippen molar-refractivity contribution in [2.24, 2.45) is 0 Å². The first-order valence-corrected chi connectivity index (χ1v) is 5.44. The third-order valence-corrected chi connectivity index (χ3v) is 2.56. The van der Waals surface area contributed by atoms with E-state index in [1.165, 1.54) is 7.11 Å². The number of imide groups is 1. The molecule has 0 aliphatic carbocycles. The first-order valence-electron chi connectivity index (χ1n) is 5.44. The van der Waals surface area contributed by atoms with Crippen molar-refractivity contribution in [1.29, 1.82) is 0 Å². The number of carbonyl (C=O) groups is 3. The lowest BCUT2D eigenvalue weighted by atomic mass is 10.2. The Kier molecular flexibility index (Phi) is 3.46. The highest BCUT2D eigenvalue weighted by Gasteiger charge is 2.33. The molecule has 1 heterocycles. The Bertz CT molecular complexity index is 541. The molecule has 1 aliphatic heterocycles. The fourth-order valence-electron chi connectivity index (χ4n) is 1.62. The molecule has 0 N–H and O–H groups in total. The summed E-state index contributed by atoms with van der Waals surface area (Å²) in [6.07, 6.45) is 0.0132. The van der Waals surface area contributed by atoms with Crippen molar-refractivity contribution in [3.63, 3.8) is 0 Å². The van der Waals surface area contributed by atoms with Crippen molar-refractivity contribution in [2.75, 3.05) is 7.11 Å². The van der Waals surface area contributed by atoms with Crippen molar-refractivity contribution in [1.82, 2.24) is 5.06 Å². The minimum absolute atomic E-state index is 0.00661. The lowest BCUT2D eigenvalue weighted by Gasteiger charge is -2.13. The maximum absolute atomic E-state index is 13.0. The highest BCUT2D eigenvalue weighted by Crippen LogP contribution is 2.22. The van der Waals surface area contributed by atoms with Crippen molar-refractivity contribution in [2.45, 2.75) is 12.8 Å². The SMILES string of the molecule is COc1cc(F)ccc1C(=O)ON1C(=O)CCC1=O. The van der Waals surface area contributed by atoms with Gasteiger partial charge in [-0.15, -0.1) is 5.06 Å². The van der Waals surface area contributed by atoms with E-state index in [-0.39, 0.29) is 24.2 Å². The van der Waals surface area contributed by atoms with Gasteiger partial charge in [-0.1, -0.05) is 0 Å². The van der Waals surface area contributed by atoms with E-state index in [1.54, 1.807) is 0 Å². The zero-order chi connectivity index (χ0) is 14.0. The molecule has 1 aromatic rings. The minimum atomic E-state index is -0.958. The Morgan fingerprint density at radius 2 is 1.89 bits per heavy atom. The van der Waals surface area contributed by atoms with E-state index in [9.17, 15) is 18.8 Å². The Labute approximate surface area is 107 Å². The molecule has 0 bridgehead atoms.